The molecule has 2 N–H and O–H groups in total. The third-order valence-electron chi connectivity index (χ3n) is 3.60. The van der Waals surface area contributed by atoms with E-state index < -0.39 is 5.60 Å². The van der Waals surface area contributed by atoms with E-state index >= 15 is 0 Å². The van der Waals surface area contributed by atoms with Crippen LogP contribution in [0.3, 0.4) is 0 Å². The van der Waals surface area contributed by atoms with Crippen LogP contribution in [-0.4, -0.2) is 34.7 Å². The first kappa shape index (κ1) is 14.4. The Labute approximate surface area is 118 Å². The van der Waals surface area contributed by atoms with Crippen molar-refractivity contribution in [2.45, 2.75) is 31.3 Å². The molecule has 2 rings (SSSR count). The Kier molecular flexibility index (Phi) is 4.88. The van der Waals surface area contributed by atoms with Crippen LogP contribution in [0.15, 0.2) is 30.3 Å². The average molecular weight is 279 g/mol. The zero-order valence-corrected chi connectivity index (χ0v) is 12.1. The Morgan fingerprint density at radius 3 is 2.79 bits per heavy atom. The molecule has 1 aliphatic heterocycles. The van der Waals surface area contributed by atoms with Gasteiger partial charge in [-0.1, -0.05) is 37.3 Å². The first-order valence-electron chi connectivity index (χ1n) is 6.77. The first-order chi connectivity index (χ1) is 9.14. The van der Waals surface area contributed by atoms with E-state index in [-0.39, 0.29) is 11.8 Å². The lowest BCUT2D eigenvalue weighted by Crippen LogP contribution is -2.44. The number of rotatable bonds is 5. The molecule has 1 amide bonds. The number of hydrogen-bond donors (Lipinski definition) is 2. The Bertz CT molecular complexity index is 415. The van der Waals surface area contributed by atoms with E-state index in [1.54, 1.807) is 11.8 Å². The number of carbonyl (C=O) groups excluding carboxylic acids is 1. The van der Waals surface area contributed by atoms with E-state index in [0.29, 0.717) is 6.54 Å². The Hall–Kier alpha value is -1.00. The van der Waals surface area contributed by atoms with Gasteiger partial charge in [0, 0.05) is 12.3 Å². The van der Waals surface area contributed by atoms with Crippen molar-refractivity contribution in [3.63, 3.8) is 0 Å². The summed E-state index contributed by atoms with van der Waals surface area (Å²) < 4.78 is 0. The van der Waals surface area contributed by atoms with E-state index in [2.05, 4.69) is 5.32 Å². The lowest BCUT2D eigenvalue weighted by Gasteiger charge is -2.23. The van der Waals surface area contributed by atoms with Gasteiger partial charge in [0.05, 0.1) is 11.5 Å². The van der Waals surface area contributed by atoms with Gasteiger partial charge in [-0.15, -0.1) is 0 Å². The number of aliphatic hydroxyl groups is 1. The molecule has 0 radical (unpaired) electrons. The van der Waals surface area contributed by atoms with E-state index in [9.17, 15) is 9.90 Å². The summed E-state index contributed by atoms with van der Waals surface area (Å²) in [7, 11) is 0. The summed E-state index contributed by atoms with van der Waals surface area (Å²) in [4.78, 5) is 12.2. The van der Waals surface area contributed by atoms with Gasteiger partial charge in [0.2, 0.25) is 5.91 Å². The topological polar surface area (TPSA) is 49.3 Å². The minimum absolute atomic E-state index is 0.0130. The molecule has 1 fully saturated rings. The van der Waals surface area contributed by atoms with Crippen molar-refractivity contribution < 1.29 is 9.90 Å². The summed E-state index contributed by atoms with van der Waals surface area (Å²) >= 11 is 1.74. The van der Waals surface area contributed by atoms with Gasteiger partial charge in [-0.3, -0.25) is 4.79 Å². The predicted octanol–water partition coefficient (Wildman–Crippen LogP) is 2.16. The normalized spacial score (nSPS) is 24.1. The quantitative estimate of drug-likeness (QED) is 0.868. The Balaban J connectivity index is 1.94. The van der Waals surface area contributed by atoms with Gasteiger partial charge in [-0.25, -0.2) is 0 Å². The third kappa shape index (κ3) is 3.74. The number of thioether (sulfide) groups is 1. The van der Waals surface area contributed by atoms with Gasteiger partial charge < -0.3 is 10.4 Å². The van der Waals surface area contributed by atoms with Crippen molar-refractivity contribution in [2.24, 2.45) is 0 Å². The number of amides is 1. The second kappa shape index (κ2) is 6.44. The fourth-order valence-corrected chi connectivity index (χ4v) is 3.66. The molecule has 0 saturated carbocycles. The molecule has 3 nitrogen and oxygen atoms in total. The molecule has 4 heteroatoms. The summed E-state index contributed by atoms with van der Waals surface area (Å²) in [5.74, 6) is 1.58. The molecule has 2 unspecified atom stereocenters. The van der Waals surface area contributed by atoms with Gasteiger partial charge in [0.25, 0.3) is 0 Å². The van der Waals surface area contributed by atoms with Crippen LogP contribution >= 0.6 is 11.8 Å². The van der Waals surface area contributed by atoms with Crippen LogP contribution in [0.4, 0.5) is 0 Å². The van der Waals surface area contributed by atoms with Crippen molar-refractivity contribution in [3.05, 3.63) is 35.9 Å². The predicted molar refractivity (Wildman–Crippen MR) is 79.4 cm³/mol. The summed E-state index contributed by atoms with van der Waals surface area (Å²) in [5, 5.41) is 13.1. The second-order valence-corrected chi connectivity index (χ2v) is 6.22. The molecule has 19 heavy (non-hydrogen) atoms. The zero-order valence-electron chi connectivity index (χ0n) is 11.3. The number of benzene rings is 1. The lowest BCUT2D eigenvalue weighted by atomic mass is 9.95. The van der Waals surface area contributed by atoms with Crippen molar-refractivity contribution in [3.8, 4) is 0 Å². The van der Waals surface area contributed by atoms with E-state index in [0.717, 1.165) is 29.9 Å². The largest absolute Gasteiger partial charge is 0.387 e. The molecule has 1 aliphatic rings. The van der Waals surface area contributed by atoms with E-state index in [4.69, 9.17) is 0 Å². The maximum absolute atomic E-state index is 12.2. The van der Waals surface area contributed by atoms with Crippen LogP contribution in [0, 0.1) is 0 Å². The standard InChI is InChI=1S/C15H21NO2S/c1-2-13(12-6-4-3-5-7-12)14(17)16-10-15(18)8-9-19-11-15/h3-7,13,18H,2,8-11H2,1H3,(H,16,17). The molecule has 1 aromatic rings. The minimum atomic E-state index is -0.713. The second-order valence-electron chi connectivity index (χ2n) is 5.12. The fourth-order valence-electron chi connectivity index (χ4n) is 2.37. The monoisotopic (exact) mass is 279 g/mol. The summed E-state index contributed by atoms with van der Waals surface area (Å²) in [5.41, 5.74) is 0.324. The molecule has 0 spiro atoms. The highest BCUT2D eigenvalue weighted by Crippen LogP contribution is 2.27. The molecule has 1 heterocycles. The molecule has 0 aromatic heterocycles. The third-order valence-corrected chi connectivity index (χ3v) is 4.84. The molecule has 2 atom stereocenters. The molecular formula is C15H21NO2S. The molecular weight excluding hydrogens is 258 g/mol. The SMILES string of the molecule is CCC(C(=O)NCC1(O)CCSC1)c1ccccc1. The summed E-state index contributed by atoms with van der Waals surface area (Å²) in [6.07, 6.45) is 1.53. The van der Waals surface area contributed by atoms with Crippen LogP contribution in [-0.2, 0) is 4.79 Å². The minimum Gasteiger partial charge on any atom is -0.387 e. The van der Waals surface area contributed by atoms with Crippen LogP contribution in [0.2, 0.25) is 0 Å². The number of hydrogen-bond acceptors (Lipinski definition) is 3. The average Bonchev–Trinajstić information content (AvgIpc) is 2.86. The van der Waals surface area contributed by atoms with Crippen LogP contribution in [0.25, 0.3) is 0 Å². The summed E-state index contributed by atoms with van der Waals surface area (Å²) in [6, 6.07) is 9.81. The number of carbonyl (C=O) groups is 1. The first-order valence-corrected chi connectivity index (χ1v) is 7.93. The van der Waals surface area contributed by atoms with Crippen molar-refractivity contribution in [1.29, 1.82) is 0 Å². The van der Waals surface area contributed by atoms with Gasteiger partial charge in [0.1, 0.15) is 0 Å². The summed E-state index contributed by atoms with van der Waals surface area (Å²) in [6.45, 7) is 2.37. The zero-order chi connectivity index (χ0) is 13.7. The van der Waals surface area contributed by atoms with Gasteiger partial charge >= 0.3 is 0 Å². The van der Waals surface area contributed by atoms with Gasteiger partial charge in [-0.2, -0.15) is 11.8 Å². The van der Waals surface area contributed by atoms with Crippen LogP contribution in [0.5, 0.6) is 0 Å². The van der Waals surface area contributed by atoms with Crippen LogP contribution < -0.4 is 5.32 Å². The Morgan fingerprint density at radius 1 is 1.47 bits per heavy atom. The van der Waals surface area contributed by atoms with Crippen LogP contribution in [0.1, 0.15) is 31.2 Å². The van der Waals surface area contributed by atoms with Gasteiger partial charge in [-0.05, 0) is 24.2 Å². The highest BCUT2D eigenvalue weighted by Gasteiger charge is 2.32. The molecule has 0 bridgehead atoms. The molecule has 1 saturated heterocycles. The van der Waals surface area contributed by atoms with Crippen molar-refractivity contribution >= 4 is 17.7 Å². The van der Waals surface area contributed by atoms with Crippen molar-refractivity contribution in [2.75, 3.05) is 18.1 Å². The smallest absolute Gasteiger partial charge is 0.227 e. The molecule has 0 aliphatic carbocycles. The lowest BCUT2D eigenvalue weighted by molar-refractivity contribution is -0.123. The number of nitrogens with one attached hydrogen (secondary N) is 1. The van der Waals surface area contributed by atoms with E-state index in [1.807, 2.05) is 37.3 Å². The molecule has 1 aromatic carbocycles. The van der Waals surface area contributed by atoms with Crippen molar-refractivity contribution in [1.82, 2.24) is 5.32 Å². The maximum Gasteiger partial charge on any atom is 0.227 e. The van der Waals surface area contributed by atoms with Gasteiger partial charge in [0.15, 0.2) is 0 Å². The molecule has 104 valence electrons. The van der Waals surface area contributed by atoms with E-state index in [1.165, 1.54) is 0 Å². The maximum atomic E-state index is 12.2. The highest BCUT2D eigenvalue weighted by atomic mass is 32.2. The Morgan fingerprint density at radius 2 is 2.21 bits per heavy atom. The fraction of sp³-hybridized carbons (Fsp3) is 0.533. The highest BCUT2D eigenvalue weighted by molar-refractivity contribution is 7.99.